The largest absolute Gasteiger partial charge is 0.494 e. The Morgan fingerprint density at radius 3 is 2.59 bits per heavy atom. The Morgan fingerprint density at radius 2 is 1.84 bits per heavy atom. The van der Waals surface area contributed by atoms with Crippen molar-refractivity contribution in [2.24, 2.45) is 5.92 Å². The van der Waals surface area contributed by atoms with E-state index in [4.69, 9.17) is 9.47 Å². The lowest BCUT2D eigenvalue weighted by Crippen LogP contribution is -2.38. The second-order valence-electron chi connectivity index (χ2n) is 9.35. The molecule has 9 heteroatoms. The van der Waals surface area contributed by atoms with Crippen LogP contribution in [-0.2, 0) is 14.3 Å². The Morgan fingerprint density at radius 1 is 1.08 bits per heavy atom. The lowest BCUT2D eigenvalue weighted by molar-refractivity contribution is -0.122. The van der Waals surface area contributed by atoms with Crippen LogP contribution >= 0.6 is 0 Å². The standard InChI is InChI=1S/C28H36N4O5/c1-2-16-37-23-10-8-22(9-11-23)32-20-21(19-26(32)33)27(34)30-25-7-4-3-6-24(25)28(35)29-12-5-13-31-14-17-36-18-15-31/h3-4,6-11,21H,2,5,12-20H2,1H3,(H,29,35)(H,30,34)/t21-/m1/s1. The summed E-state index contributed by atoms with van der Waals surface area (Å²) in [5.74, 6) is -0.358. The summed E-state index contributed by atoms with van der Waals surface area (Å²) in [4.78, 5) is 42.5. The van der Waals surface area contributed by atoms with Crippen molar-refractivity contribution in [2.45, 2.75) is 26.2 Å². The van der Waals surface area contributed by atoms with Crippen LogP contribution in [0.2, 0.25) is 0 Å². The SMILES string of the molecule is CCCOc1ccc(N2C[C@H](C(=O)Nc3ccccc3C(=O)NCCCN3CCOCC3)CC2=O)cc1. The number of hydrogen-bond donors (Lipinski definition) is 2. The van der Waals surface area contributed by atoms with E-state index < -0.39 is 5.92 Å². The van der Waals surface area contributed by atoms with Gasteiger partial charge in [-0.15, -0.1) is 0 Å². The molecule has 198 valence electrons. The number of ether oxygens (including phenoxy) is 2. The third-order valence-electron chi connectivity index (χ3n) is 6.59. The molecule has 2 N–H and O–H groups in total. The maximum atomic E-state index is 13.1. The first-order chi connectivity index (χ1) is 18.0. The van der Waals surface area contributed by atoms with Gasteiger partial charge in [-0.2, -0.15) is 0 Å². The van der Waals surface area contributed by atoms with Gasteiger partial charge in [0, 0.05) is 38.3 Å². The molecule has 4 rings (SSSR count). The van der Waals surface area contributed by atoms with E-state index in [1.807, 2.05) is 31.2 Å². The van der Waals surface area contributed by atoms with Gasteiger partial charge in [-0.25, -0.2) is 0 Å². The molecule has 2 aliphatic rings. The van der Waals surface area contributed by atoms with Crippen LogP contribution in [0.1, 0.15) is 36.5 Å². The van der Waals surface area contributed by atoms with Crippen molar-refractivity contribution in [3.8, 4) is 5.75 Å². The Hall–Kier alpha value is -3.43. The van der Waals surface area contributed by atoms with Crippen LogP contribution in [0.4, 0.5) is 11.4 Å². The number of carbonyl (C=O) groups is 3. The molecule has 2 fully saturated rings. The number of amides is 3. The number of carbonyl (C=O) groups excluding carboxylic acids is 3. The minimum Gasteiger partial charge on any atom is -0.494 e. The highest BCUT2D eigenvalue weighted by atomic mass is 16.5. The highest BCUT2D eigenvalue weighted by molar-refractivity contribution is 6.07. The van der Waals surface area contributed by atoms with E-state index in [0.29, 0.717) is 24.4 Å². The first kappa shape index (κ1) is 26.6. The molecule has 0 spiro atoms. The van der Waals surface area contributed by atoms with Gasteiger partial charge in [0.05, 0.1) is 37.0 Å². The summed E-state index contributed by atoms with van der Waals surface area (Å²) in [7, 11) is 0. The van der Waals surface area contributed by atoms with Gasteiger partial charge in [0.25, 0.3) is 5.91 Å². The highest BCUT2D eigenvalue weighted by Crippen LogP contribution is 2.28. The average Bonchev–Trinajstić information content (AvgIpc) is 3.32. The molecule has 0 saturated carbocycles. The zero-order valence-electron chi connectivity index (χ0n) is 21.4. The summed E-state index contributed by atoms with van der Waals surface area (Å²) in [6, 6.07) is 14.3. The molecule has 1 atom stereocenters. The Labute approximate surface area is 218 Å². The number of morpholine rings is 1. The van der Waals surface area contributed by atoms with Gasteiger partial charge in [-0.1, -0.05) is 19.1 Å². The molecular formula is C28H36N4O5. The number of nitrogens with one attached hydrogen (secondary N) is 2. The number of anilines is 2. The van der Waals surface area contributed by atoms with Gasteiger partial charge in [0.1, 0.15) is 5.75 Å². The Bertz CT molecular complexity index is 1070. The molecule has 0 unspecified atom stereocenters. The number of benzene rings is 2. The van der Waals surface area contributed by atoms with E-state index in [2.05, 4.69) is 15.5 Å². The Kier molecular flexibility index (Phi) is 9.51. The third kappa shape index (κ3) is 7.30. The number of rotatable bonds is 11. The van der Waals surface area contributed by atoms with Gasteiger partial charge in [0.2, 0.25) is 11.8 Å². The molecule has 2 saturated heterocycles. The predicted octanol–water partition coefficient (Wildman–Crippen LogP) is 2.92. The summed E-state index contributed by atoms with van der Waals surface area (Å²) in [5.41, 5.74) is 1.59. The number of para-hydroxylation sites is 1. The summed E-state index contributed by atoms with van der Waals surface area (Å²) in [6.45, 7) is 7.77. The molecule has 37 heavy (non-hydrogen) atoms. The maximum absolute atomic E-state index is 13.1. The van der Waals surface area contributed by atoms with E-state index in [0.717, 1.165) is 57.1 Å². The van der Waals surface area contributed by atoms with Crippen molar-refractivity contribution in [3.05, 3.63) is 54.1 Å². The summed E-state index contributed by atoms with van der Waals surface area (Å²) in [5, 5.41) is 5.83. The lowest BCUT2D eigenvalue weighted by Gasteiger charge is -2.26. The zero-order valence-corrected chi connectivity index (χ0v) is 21.4. The van der Waals surface area contributed by atoms with Gasteiger partial charge < -0.3 is 25.0 Å². The Balaban J connectivity index is 1.30. The van der Waals surface area contributed by atoms with Crippen molar-refractivity contribution in [1.82, 2.24) is 10.2 Å². The fourth-order valence-corrected chi connectivity index (χ4v) is 4.52. The van der Waals surface area contributed by atoms with Gasteiger partial charge in [-0.05, 0) is 55.8 Å². The summed E-state index contributed by atoms with van der Waals surface area (Å²) < 4.78 is 11.0. The lowest BCUT2D eigenvalue weighted by atomic mass is 10.1. The number of hydrogen-bond acceptors (Lipinski definition) is 6. The van der Waals surface area contributed by atoms with Crippen LogP contribution in [-0.4, -0.2) is 75.2 Å². The fourth-order valence-electron chi connectivity index (χ4n) is 4.52. The molecule has 0 bridgehead atoms. The van der Waals surface area contributed by atoms with Crippen molar-refractivity contribution in [2.75, 3.05) is 62.8 Å². The maximum Gasteiger partial charge on any atom is 0.253 e. The van der Waals surface area contributed by atoms with E-state index in [9.17, 15) is 14.4 Å². The quantitative estimate of drug-likeness (QED) is 0.453. The molecule has 2 aromatic rings. The smallest absolute Gasteiger partial charge is 0.253 e. The van der Waals surface area contributed by atoms with E-state index in [1.165, 1.54) is 0 Å². The van der Waals surface area contributed by atoms with Gasteiger partial charge in [0.15, 0.2) is 0 Å². The van der Waals surface area contributed by atoms with E-state index in [1.54, 1.807) is 29.2 Å². The van der Waals surface area contributed by atoms with Crippen molar-refractivity contribution >= 4 is 29.1 Å². The average molecular weight is 509 g/mol. The van der Waals surface area contributed by atoms with Crippen LogP contribution in [0.3, 0.4) is 0 Å². The second kappa shape index (κ2) is 13.2. The summed E-state index contributed by atoms with van der Waals surface area (Å²) >= 11 is 0. The fraction of sp³-hybridized carbons (Fsp3) is 0.464. The number of nitrogens with zero attached hydrogens (tertiary/aromatic N) is 2. The second-order valence-corrected chi connectivity index (χ2v) is 9.35. The molecule has 0 aromatic heterocycles. The normalized spacial score (nSPS) is 18.0. The van der Waals surface area contributed by atoms with Crippen molar-refractivity contribution in [3.63, 3.8) is 0 Å². The van der Waals surface area contributed by atoms with Crippen molar-refractivity contribution in [1.29, 1.82) is 0 Å². The first-order valence-electron chi connectivity index (χ1n) is 13.1. The van der Waals surface area contributed by atoms with Gasteiger partial charge >= 0.3 is 0 Å². The van der Waals surface area contributed by atoms with Crippen LogP contribution < -0.4 is 20.3 Å². The molecule has 0 aliphatic carbocycles. The molecule has 2 aliphatic heterocycles. The molecule has 3 amide bonds. The molecule has 9 nitrogen and oxygen atoms in total. The van der Waals surface area contributed by atoms with Crippen LogP contribution in [0, 0.1) is 5.92 Å². The van der Waals surface area contributed by atoms with Gasteiger partial charge in [-0.3, -0.25) is 19.3 Å². The predicted molar refractivity (Wildman–Crippen MR) is 142 cm³/mol. The summed E-state index contributed by atoms with van der Waals surface area (Å²) in [6.07, 6.45) is 1.88. The highest BCUT2D eigenvalue weighted by Gasteiger charge is 2.35. The first-order valence-corrected chi connectivity index (χ1v) is 13.1. The molecule has 2 aromatic carbocycles. The zero-order chi connectivity index (χ0) is 26.0. The minimum absolute atomic E-state index is 0.103. The molecule has 2 heterocycles. The van der Waals surface area contributed by atoms with Crippen LogP contribution in [0.15, 0.2) is 48.5 Å². The monoisotopic (exact) mass is 508 g/mol. The van der Waals surface area contributed by atoms with Crippen LogP contribution in [0.25, 0.3) is 0 Å². The van der Waals surface area contributed by atoms with Crippen molar-refractivity contribution < 1.29 is 23.9 Å². The van der Waals surface area contributed by atoms with E-state index in [-0.39, 0.29) is 30.7 Å². The molecular weight excluding hydrogens is 472 g/mol. The van der Waals surface area contributed by atoms with Crippen LogP contribution in [0.5, 0.6) is 5.75 Å². The molecule has 0 radical (unpaired) electrons. The topological polar surface area (TPSA) is 100 Å². The van der Waals surface area contributed by atoms with E-state index >= 15 is 0 Å². The third-order valence-corrected chi connectivity index (χ3v) is 6.59. The minimum atomic E-state index is -0.506.